The minimum absolute atomic E-state index is 0.0299. The van der Waals surface area contributed by atoms with E-state index in [1.807, 2.05) is 0 Å². The van der Waals surface area contributed by atoms with E-state index in [1.165, 1.54) is 4.31 Å². The molecule has 0 bridgehead atoms. The lowest BCUT2D eigenvalue weighted by atomic mass is 9.99. The molecular formula is C24H28BrN3O5S. The molecule has 1 atom stereocenters. The largest absolute Gasteiger partial charge is 0.497 e. The van der Waals surface area contributed by atoms with Crippen LogP contribution in [0.1, 0.15) is 31.7 Å². The molecule has 1 saturated heterocycles. The summed E-state index contributed by atoms with van der Waals surface area (Å²) in [5, 5.41) is 2.88. The topological polar surface area (TPSA) is 96.0 Å². The molecule has 34 heavy (non-hydrogen) atoms. The number of fused-ring (bicyclic) bond motifs is 1. The Morgan fingerprint density at radius 3 is 2.59 bits per heavy atom. The van der Waals surface area contributed by atoms with Gasteiger partial charge in [-0.1, -0.05) is 6.92 Å². The fourth-order valence-corrected chi connectivity index (χ4v) is 7.06. The van der Waals surface area contributed by atoms with E-state index in [0.717, 1.165) is 5.56 Å². The Bertz CT molecular complexity index is 1200. The van der Waals surface area contributed by atoms with Gasteiger partial charge < -0.3 is 15.0 Å². The van der Waals surface area contributed by atoms with Crippen molar-refractivity contribution in [2.75, 3.05) is 37.0 Å². The van der Waals surface area contributed by atoms with E-state index in [4.69, 9.17) is 4.74 Å². The van der Waals surface area contributed by atoms with Gasteiger partial charge in [-0.05, 0) is 77.2 Å². The van der Waals surface area contributed by atoms with Crippen LogP contribution in [0, 0.1) is 5.92 Å². The number of benzene rings is 2. The molecule has 0 spiro atoms. The van der Waals surface area contributed by atoms with Crippen molar-refractivity contribution >= 4 is 49.1 Å². The standard InChI is InChI=1S/C24H28BrN3O5S/c1-3-23(29)28-12-10-16-13-20(25)22(14-21(16)28)34(31,32)27-11-4-5-17(15-27)24(30)26-18-6-8-19(33-2)9-7-18/h6-9,13-14,17H,3-5,10-12,15H2,1-2H3,(H,26,30)/t17-/m0/s1. The summed E-state index contributed by atoms with van der Waals surface area (Å²) >= 11 is 3.43. The number of piperidine rings is 1. The molecule has 0 unspecified atom stereocenters. The van der Waals surface area contributed by atoms with Crippen molar-refractivity contribution in [3.63, 3.8) is 0 Å². The zero-order valence-corrected chi connectivity index (χ0v) is 21.6. The highest BCUT2D eigenvalue weighted by molar-refractivity contribution is 9.10. The smallest absolute Gasteiger partial charge is 0.244 e. The second-order valence-corrected chi connectivity index (χ2v) is 11.2. The van der Waals surface area contributed by atoms with Crippen molar-refractivity contribution < 1.29 is 22.7 Å². The van der Waals surface area contributed by atoms with Gasteiger partial charge in [-0.25, -0.2) is 8.42 Å². The summed E-state index contributed by atoms with van der Waals surface area (Å²) in [6.45, 7) is 2.79. The van der Waals surface area contributed by atoms with Gasteiger partial charge in [-0.2, -0.15) is 4.31 Å². The third-order valence-corrected chi connectivity index (χ3v) is 9.19. The van der Waals surface area contributed by atoms with Crippen LogP contribution in [-0.2, 0) is 26.0 Å². The van der Waals surface area contributed by atoms with Gasteiger partial charge in [0.15, 0.2) is 0 Å². The van der Waals surface area contributed by atoms with Crippen molar-refractivity contribution in [3.8, 4) is 5.75 Å². The zero-order valence-electron chi connectivity index (χ0n) is 19.2. The summed E-state index contributed by atoms with van der Waals surface area (Å²) in [4.78, 5) is 27.0. The fourth-order valence-electron chi connectivity index (χ4n) is 4.47. The molecule has 2 aliphatic rings. The first-order valence-electron chi connectivity index (χ1n) is 11.3. The zero-order chi connectivity index (χ0) is 24.5. The third-order valence-electron chi connectivity index (χ3n) is 6.36. The molecule has 2 aliphatic heterocycles. The van der Waals surface area contributed by atoms with Crippen molar-refractivity contribution in [1.29, 1.82) is 0 Å². The molecule has 2 amide bonds. The predicted octanol–water partition coefficient (Wildman–Crippen LogP) is 3.80. The lowest BCUT2D eigenvalue weighted by Crippen LogP contribution is -2.43. The maximum Gasteiger partial charge on any atom is 0.244 e. The number of carbonyl (C=O) groups is 2. The number of rotatable bonds is 6. The Morgan fingerprint density at radius 1 is 1.18 bits per heavy atom. The molecule has 8 nitrogen and oxygen atoms in total. The monoisotopic (exact) mass is 549 g/mol. The lowest BCUT2D eigenvalue weighted by Gasteiger charge is -2.31. The van der Waals surface area contributed by atoms with Gasteiger partial charge in [0.25, 0.3) is 0 Å². The van der Waals surface area contributed by atoms with Crippen LogP contribution in [0.15, 0.2) is 45.8 Å². The lowest BCUT2D eigenvalue weighted by molar-refractivity contribution is -0.121. The minimum Gasteiger partial charge on any atom is -0.497 e. The van der Waals surface area contributed by atoms with Crippen LogP contribution < -0.4 is 15.0 Å². The number of anilines is 2. The maximum absolute atomic E-state index is 13.6. The summed E-state index contributed by atoms with van der Waals surface area (Å²) in [7, 11) is -2.29. The molecule has 4 rings (SSSR count). The van der Waals surface area contributed by atoms with E-state index in [2.05, 4.69) is 21.2 Å². The third kappa shape index (κ3) is 4.85. The van der Waals surface area contributed by atoms with Crippen molar-refractivity contribution in [3.05, 3.63) is 46.4 Å². The second kappa shape index (κ2) is 10.1. The highest BCUT2D eigenvalue weighted by atomic mass is 79.9. The Kier molecular flexibility index (Phi) is 7.30. The highest BCUT2D eigenvalue weighted by Crippen LogP contribution is 2.37. The average Bonchev–Trinajstić information content (AvgIpc) is 3.26. The average molecular weight is 550 g/mol. The Balaban J connectivity index is 1.53. The number of amides is 2. The van der Waals surface area contributed by atoms with Gasteiger partial charge in [-0.15, -0.1) is 0 Å². The Morgan fingerprint density at radius 2 is 1.91 bits per heavy atom. The summed E-state index contributed by atoms with van der Waals surface area (Å²) in [6, 6.07) is 10.4. The second-order valence-electron chi connectivity index (χ2n) is 8.48. The molecule has 2 heterocycles. The van der Waals surface area contributed by atoms with E-state index in [9.17, 15) is 18.0 Å². The van der Waals surface area contributed by atoms with Crippen LogP contribution in [0.3, 0.4) is 0 Å². The molecule has 1 fully saturated rings. The molecule has 182 valence electrons. The normalized spacial score (nSPS) is 18.4. The van der Waals surface area contributed by atoms with E-state index in [0.29, 0.717) is 60.4 Å². The maximum atomic E-state index is 13.6. The molecule has 2 aromatic rings. The molecule has 0 radical (unpaired) electrons. The first kappa shape index (κ1) is 24.7. The Hall–Kier alpha value is -2.43. The number of sulfonamides is 1. The molecular weight excluding hydrogens is 522 g/mol. The van der Waals surface area contributed by atoms with Crippen LogP contribution >= 0.6 is 15.9 Å². The first-order chi connectivity index (χ1) is 16.2. The van der Waals surface area contributed by atoms with Gasteiger partial charge in [0.05, 0.1) is 17.9 Å². The Labute approximate surface area is 208 Å². The fraction of sp³-hybridized carbons (Fsp3) is 0.417. The molecule has 10 heteroatoms. The van der Waals surface area contributed by atoms with E-state index < -0.39 is 15.9 Å². The number of nitrogens with zero attached hydrogens (tertiary/aromatic N) is 2. The van der Waals surface area contributed by atoms with Crippen LogP contribution in [0.25, 0.3) is 0 Å². The van der Waals surface area contributed by atoms with Gasteiger partial charge in [-0.3, -0.25) is 9.59 Å². The van der Waals surface area contributed by atoms with Gasteiger partial charge in [0.1, 0.15) is 5.75 Å². The number of hydrogen-bond acceptors (Lipinski definition) is 5. The molecule has 0 aromatic heterocycles. The summed E-state index contributed by atoms with van der Waals surface area (Å²) in [5.74, 6) is -0.0143. The summed E-state index contributed by atoms with van der Waals surface area (Å²) in [6.07, 6.45) is 2.24. The van der Waals surface area contributed by atoms with Crippen LogP contribution in [0.2, 0.25) is 0 Å². The summed E-state index contributed by atoms with van der Waals surface area (Å²) in [5.41, 5.74) is 2.23. The molecule has 0 aliphatic carbocycles. The molecule has 0 saturated carbocycles. The first-order valence-corrected chi connectivity index (χ1v) is 13.6. The van der Waals surface area contributed by atoms with E-state index >= 15 is 0 Å². The van der Waals surface area contributed by atoms with Gasteiger partial charge in [0, 0.05) is 41.9 Å². The van der Waals surface area contributed by atoms with Crippen LogP contribution in [0.4, 0.5) is 11.4 Å². The number of halogens is 1. The summed E-state index contributed by atoms with van der Waals surface area (Å²) < 4.78 is 34.2. The van der Waals surface area contributed by atoms with Gasteiger partial charge in [0.2, 0.25) is 21.8 Å². The van der Waals surface area contributed by atoms with E-state index in [-0.39, 0.29) is 23.3 Å². The SMILES string of the molecule is CCC(=O)N1CCc2cc(Br)c(S(=O)(=O)N3CCC[C@H](C(=O)Nc4ccc(OC)cc4)C3)cc21. The number of carbonyl (C=O) groups excluding carboxylic acids is 2. The van der Waals surface area contributed by atoms with E-state index in [1.54, 1.807) is 55.3 Å². The van der Waals surface area contributed by atoms with Crippen molar-refractivity contribution in [2.45, 2.75) is 37.5 Å². The highest BCUT2D eigenvalue weighted by Gasteiger charge is 2.36. The van der Waals surface area contributed by atoms with Crippen molar-refractivity contribution in [2.24, 2.45) is 5.92 Å². The van der Waals surface area contributed by atoms with Crippen LogP contribution in [-0.4, -0.2) is 51.3 Å². The number of hydrogen-bond donors (Lipinski definition) is 1. The van der Waals surface area contributed by atoms with Gasteiger partial charge >= 0.3 is 0 Å². The molecule has 1 N–H and O–H groups in total. The number of nitrogens with one attached hydrogen (secondary N) is 1. The van der Waals surface area contributed by atoms with Crippen LogP contribution in [0.5, 0.6) is 5.75 Å². The quantitative estimate of drug-likeness (QED) is 0.591. The minimum atomic E-state index is -3.87. The molecule has 2 aromatic carbocycles. The van der Waals surface area contributed by atoms with Crippen molar-refractivity contribution in [1.82, 2.24) is 4.31 Å². The number of methoxy groups -OCH3 is 1. The number of ether oxygens (including phenoxy) is 1. The predicted molar refractivity (Wildman–Crippen MR) is 134 cm³/mol.